The zero-order chi connectivity index (χ0) is 21.3. The molecule has 5 nitrogen and oxygen atoms in total. The van der Waals surface area contributed by atoms with Gasteiger partial charge in [-0.05, 0) is 43.0 Å². The van der Waals surface area contributed by atoms with Crippen molar-refractivity contribution in [2.45, 2.75) is 51.1 Å². The molecule has 0 spiro atoms. The Bertz CT molecular complexity index is 1000. The second kappa shape index (κ2) is 8.34. The van der Waals surface area contributed by atoms with Crippen molar-refractivity contribution in [3.8, 4) is 5.75 Å². The number of likely N-dealkylation sites (tertiary alicyclic amines) is 1. The highest BCUT2D eigenvalue weighted by molar-refractivity contribution is 6.46. The molecule has 2 aromatic rings. The van der Waals surface area contributed by atoms with Gasteiger partial charge in [-0.3, -0.25) is 9.59 Å². The number of para-hydroxylation sites is 1. The van der Waals surface area contributed by atoms with Crippen molar-refractivity contribution in [1.29, 1.82) is 0 Å². The normalized spacial score (nSPS) is 21.8. The van der Waals surface area contributed by atoms with Gasteiger partial charge in [-0.25, -0.2) is 0 Å². The number of nitrogens with zero attached hydrogens (tertiary/aromatic N) is 1. The van der Waals surface area contributed by atoms with Crippen LogP contribution in [-0.2, 0) is 9.59 Å². The summed E-state index contributed by atoms with van der Waals surface area (Å²) in [6, 6.07) is 14.2. The Morgan fingerprint density at radius 2 is 1.67 bits per heavy atom. The summed E-state index contributed by atoms with van der Waals surface area (Å²) < 4.78 is 5.39. The van der Waals surface area contributed by atoms with Gasteiger partial charge in [0.25, 0.3) is 11.7 Å². The van der Waals surface area contributed by atoms with Crippen LogP contribution in [0.15, 0.2) is 54.1 Å². The topological polar surface area (TPSA) is 66.8 Å². The van der Waals surface area contributed by atoms with Crippen LogP contribution in [-0.4, -0.2) is 34.8 Å². The van der Waals surface area contributed by atoms with E-state index in [1.54, 1.807) is 29.2 Å². The number of aliphatic hydroxyl groups is 1. The summed E-state index contributed by atoms with van der Waals surface area (Å²) in [5.41, 5.74) is 2.42. The molecule has 0 radical (unpaired) electrons. The largest absolute Gasteiger partial charge is 0.507 e. The number of carbonyl (C=O) groups excluding carboxylic acids is 2. The maximum Gasteiger partial charge on any atom is 0.295 e. The van der Waals surface area contributed by atoms with Gasteiger partial charge in [0.1, 0.15) is 11.5 Å². The number of hydrogen-bond donors (Lipinski definition) is 1. The third-order valence-corrected chi connectivity index (χ3v) is 6.29. The number of Topliss-reactive ketones (excluding diaryl/α,β-unsaturated/α-hetero) is 1. The van der Waals surface area contributed by atoms with Crippen LogP contribution in [0.25, 0.3) is 5.76 Å². The molecule has 0 bridgehead atoms. The van der Waals surface area contributed by atoms with Crippen molar-refractivity contribution in [2.24, 2.45) is 0 Å². The molecule has 1 aliphatic heterocycles. The lowest BCUT2D eigenvalue weighted by Gasteiger charge is -2.36. The average molecular weight is 405 g/mol. The lowest BCUT2D eigenvalue weighted by atomic mass is 9.89. The summed E-state index contributed by atoms with van der Waals surface area (Å²) >= 11 is 0. The number of carbonyl (C=O) groups is 2. The van der Waals surface area contributed by atoms with Gasteiger partial charge in [0, 0.05) is 6.04 Å². The molecule has 1 saturated heterocycles. The van der Waals surface area contributed by atoms with E-state index in [1.165, 1.54) is 7.11 Å². The second-order valence-electron chi connectivity index (χ2n) is 8.06. The molecule has 1 saturated carbocycles. The molecule has 4 rings (SSSR count). The highest BCUT2D eigenvalue weighted by atomic mass is 16.5. The number of aliphatic hydroxyl groups excluding tert-OH is 1. The highest BCUT2D eigenvalue weighted by Gasteiger charge is 2.49. The summed E-state index contributed by atoms with van der Waals surface area (Å²) in [5, 5.41) is 11.3. The Hall–Kier alpha value is -3.08. The standard InChI is InChI=1S/C25H27NO4/c1-16-10-6-7-13-18(16)22-21(23(27)19-14-8-9-15-20(19)30-2)24(28)25(29)26(22)17-11-4-3-5-12-17/h6-10,13-15,17,22,27H,3-5,11-12H2,1-2H3/b23-21+. The fraction of sp³-hybridized carbons (Fsp3) is 0.360. The first-order valence-corrected chi connectivity index (χ1v) is 10.5. The first kappa shape index (κ1) is 20.2. The van der Waals surface area contributed by atoms with E-state index in [2.05, 4.69) is 0 Å². The maximum atomic E-state index is 13.2. The van der Waals surface area contributed by atoms with Crippen molar-refractivity contribution >= 4 is 17.4 Å². The molecule has 1 amide bonds. The quantitative estimate of drug-likeness (QED) is 0.453. The van der Waals surface area contributed by atoms with Gasteiger partial charge in [0.2, 0.25) is 0 Å². The van der Waals surface area contributed by atoms with Crippen molar-refractivity contribution in [3.63, 3.8) is 0 Å². The lowest BCUT2D eigenvalue weighted by Crippen LogP contribution is -2.40. The van der Waals surface area contributed by atoms with E-state index in [1.807, 2.05) is 31.2 Å². The van der Waals surface area contributed by atoms with E-state index < -0.39 is 17.7 Å². The zero-order valence-electron chi connectivity index (χ0n) is 17.4. The van der Waals surface area contributed by atoms with Crippen molar-refractivity contribution < 1.29 is 19.4 Å². The number of hydrogen-bond acceptors (Lipinski definition) is 4. The van der Waals surface area contributed by atoms with Gasteiger partial charge >= 0.3 is 0 Å². The molecular weight excluding hydrogens is 378 g/mol. The molecule has 1 unspecified atom stereocenters. The van der Waals surface area contributed by atoms with Crippen molar-refractivity contribution in [1.82, 2.24) is 4.90 Å². The van der Waals surface area contributed by atoms with Crippen LogP contribution in [0.2, 0.25) is 0 Å². The summed E-state index contributed by atoms with van der Waals surface area (Å²) in [5.74, 6) is -0.872. The molecule has 1 heterocycles. The molecule has 0 aromatic heterocycles. The molecule has 2 aliphatic rings. The van der Waals surface area contributed by atoms with E-state index in [-0.39, 0.29) is 17.4 Å². The predicted octanol–water partition coefficient (Wildman–Crippen LogP) is 4.76. The molecule has 1 N–H and O–H groups in total. The number of ketones is 1. The summed E-state index contributed by atoms with van der Waals surface area (Å²) in [4.78, 5) is 28.1. The second-order valence-corrected chi connectivity index (χ2v) is 8.06. The number of methoxy groups -OCH3 is 1. The van der Waals surface area contributed by atoms with Crippen LogP contribution < -0.4 is 4.74 Å². The molecule has 5 heteroatoms. The van der Waals surface area contributed by atoms with Crippen LogP contribution in [0.3, 0.4) is 0 Å². The van der Waals surface area contributed by atoms with Gasteiger partial charge in [-0.1, -0.05) is 55.7 Å². The Balaban J connectivity index is 1.92. The van der Waals surface area contributed by atoms with E-state index >= 15 is 0 Å². The molecule has 2 fully saturated rings. The molecule has 30 heavy (non-hydrogen) atoms. The number of amides is 1. The molecule has 1 atom stereocenters. The first-order valence-electron chi connectivity index (χ1n) is 10.5. The van der Waals surface area contributed by atoms with E-state index in [0.717, 1.165) is 43.2 Å². The third kappa shape index (κ3) is 3.38. The average Bonchev–Trinajstić information content (AvgIpc) is 3.04. The van der Waals surface area contributed by atoms with Gasteiger partial charge in [-0.15, -0.1) is 0 Å². The van der Waals surface area contributed by atoms with Crippen LogP contribution in [0, 0.1) is 6.92 Å². The third-order valence-electron chi connectivity index (χ3n) is 6.29. The Labute approximate surface area is 177 Å². The Kier molecular flexibility index (Phi) is 5.62. The van der Waals surface area contributed by atoms with Crippen molar-refractivity contribution in [2.75, 3.05) is 7.11 Å². The maximum absolute atomic E-state index is 13.2. The number of ether oxygens (including phenoxy) is 1. The summed E-state index contributed by atoms with van der Waals surface area (Å²) in [6.45, 7) is 1.97. The summed E-state index contributed by atoms with van der Waals surface area (Å²) in [7, 11) is 1.52. The number of aryl methyl sites for hydroxylation is 1. The van der Waals surface area contributed by atoms with Gasteiger partial charge in [0.05, 0.1) is 24.3 Å². The predicted molar refractivity (Wildman–Crippen MR) is 115 cm³/mol. The number of benzene rings is 2. The number of rotatable bonds is 4. The first-order chi connectivity index (χ1) is 14.5. The zero-order valence-corrected chi connectivity index (χ0v) is 17.4. The van der Waals surface area contributed by atoms with E-state index in [9.17, 15) is 14.7 Å². The van der Waals surface area contributed by atoms with E-state index in [0.29, 0.717) is 11.3 Å². The fourth-order valence-electron chi connectivity index (χ4n) is 4.77. The smallest absolute Gasteiger partial charge is 0.295 e. The summed E-state index contributed by atoms with van der Waals surface area (Å²) in [6.07, 6.45) is 4.99. The molecule has 1 aliphatic carbocycles. The minimum absolute atomic E-state index is 0.00257. The highest BCUT2D eigenvalue weighted by Crippen LogP contribution is 2.44. The molecule has 2 aromatic carbocycles. The van der Waals surface area contributed by atoms with Crippen LogP contribution in [0.5, 0.6) is 5.75 Å². The Morgan fingerprint density at radius 3 is 2.37 bits per heavy atom. The van der Waals surface area contributed by atoms with Crippen molar-refractivity contribution in [3.05, 3.63) is 70.8 Å². The Morgan fingerprint density at radius 1 is 1.00 bits per heavy atom. The van der Waals surface area contributed by atoms with Gasteiger partial charge < -0.3 is 14.7 Å². The minimum Gasteiger partial charge on any atom is -0.507 e. The molecule has 156 valence electrons. The minimum atomic E-state index is -0.628. The van der Waals surface area contributed by atoms with Crippen LogP contribution >= 0.6 is 0 Å². The van der Waals surface area contributed by atoms with Crippen LogP contribution in [0.4, 0.5) is 0 Å². The van der Waals surface area contributed by atoms with Gasteiger partial charge in [0.15, 0.2) is 0 Å². The fourth-order valence-corrected chi connectivity index (χ4v) is 4.77. The van der Waals surface area contributed by atoms with Gasteiger partial charge in [-0.2, -0.15) is 0 Å². The SMILES string of the molecule is COc1ccccc1/C(O)=C1\C(=O)C(=O)N(C2CCCCC2)C1c1ccccc1C. The monoisotopic (exact) mass is 405 g/mol. The van der Waals surface area contributed by atoms with Crippen LogP contribution in [0.1, 0.15) is 54.8 Å². The lowest BCUT2D eigenvalue weighted by molar-refractivity contribution is -0.141. The molecular formula is C25H27NO4. The van der Waals surface area contributed by atoms with E-state index in [4.69, 9.17) is 4.74 Å².